The topological polar surface area (TPSA) is 26.3 Å². The zero-order chi connectivity index (χ0) is 14.3. The van der Waals surface area contributed by atoms with Crippen LogP contribution in [0.25, 0.3) is 0 Å². The number of carbonyl (C=O) groups is 1. The van der Waals surface area contributed by atoms with Gasteiger partial charge in [0, 0.05) is 14.5 Å². The molecule has 2 aromatic rings. The van der Waals surface area contributed by atoms with E-state index in [2.05, 4.69) is 31.9 Å². The summed E-state index contributed by atoms with van der Waals surface area (Å²) in [4.78, 5) is 12.3. The highest BCUT2D eigenvalue weighted by Gasteiger charge is 2.28. The second kappa shape index (κ2) is 5.34. The van der Waals surface area contributed by atoms with Crippen molar-refractivity contribution < 1.29 is 9.53 Å². The lowest BCUT2D eigenvalue weighted by Gasteiger charge is -2.26. The minimum absolute atomic E-state index is 0.116. The van der Waals surface area contributed by atoms with Gasteiger partial charge in [0.05, 0.1) is 12.0 Å². The summed E-state index contributed by atoms with van der Waals surface area (Å²) < 4.78 is 7.87. The normalized spacial score (nSPS) is 17.6. The number of hydrogen-bond acceptors (Lipinski definition) is 2. The van der Waals surface area contributed by atoms with Crippen LogP contribution in [0, 0.1) is 6.92 Å². The molecule has 0 N–H and O–H groups in total. The van der Waals surface area contributed by atoms with Crippen LogP contribution in [-0.2, 0) is 0 Å². The standard InChI is InChI=1S/C16H12Br2O2/c1-9-2-4-11(13(18)6-9)16-8-14(19)12-7-10(17)3-5-15(12)20-16/h2-7,16H,8H2,1H3. The third-order valence-corrected chi connectivity index (χ3v) is 4.56. The Balaban J connectivity index is 1.99. The molecular weight excluding hydrogens is 384 g/mol. The molecule has 3 rings (SSSR count). The third kappa shape index (κ3) is 2.54. The van der Waals surface area contributed by atoms with Crippen LogP contribution in [-0.4, -0.2) is 5.78 Å². The molecule has 4 heteroatoms. The van der Waals surface area contributed by atoms with E-state index < -0.39 is 0 Å². The van der Waals surface area contributed by atoms with Crippen molar-refractivity contribution in [3.05, 3.63) is 62.0 Å². The fourth-order valence-electron chi connectivity index (χ4n) is 2.36. The summed E-state index contributed by atoms with van der Waals surface area (Å²) in [5.74, 6) is 0.770. The van der Waals surface area contributed by atoms with Crippen molar-refractivity contribution in [2.75, 3.05) is 0 Å². The van der Waals surface area contributed by atoms with Crippen LogP contribution >= 0.6 is 31.9 Å². The van der Waals surface area contributed by atoms with E-state index in [9.17, 15) is 4.79 Å². The summed E-state index contributed by atoms with van der Waals surface area (Å²) in [5.41, 5.74) is 2.84. The fraction of sp³-hybridized carbons (Fsp3) is 0.188. The number of hydrogen-bond donors (Lipinski definition) is 0. The van der Waals surface area contributed by atoms with E-state index in [-0.39, 0.29) is 11.9 Å². The van der Waals surface area contributed by atoms with Gasteiger partial charge in [-0.3, -0.25) is 4.79 Å². The molecule has 0 aliphatic carbocycles. The van der Waals surface area contributed by atoms with Gasteiger partial charge in [0.25, 0.3) is 0 Å². The minimum Gasteiger partial charge on any atom is -0.484 e. The smallest absolute Gasteiger partial charge is 0.170 e. The summed E-state index contributed by atoms with van der Waals surface area (Å²) in [7, 11) is 0. The Bertz CT molecular complexity index is 695. The Labute approximate surface area is 134 Å². The zero-order valence-corrected chi connectivity index (χ0v) is 14.0. The van der Waals surface area contributed by atoms with Gasteiger partial charge in [-0.25, -0.2) is 0 Å². The third-order valence-electron chi connectivity index (χ3n) is 3.38. The number of ketones is 1. The molecule has 0 saturated carbocycles. The van der Waals surface area contributed by atoms with E-state index in [1.54, 1.807) is 0 Å². The lowest BCUT2D eigenvalue weighted by molar-refractivity contribution is 0.0849. The lowest BCUT2D eigenvalue weighted by Crippen LogP contribution is -2.20. The van der Waals surface area contributed by atoms with Gasteiger partial charge >= 0.3 is 0 Å². The van der Waals surface area contributed by atoms with E-state index in [0.29, 0.717) is 17.7 Å². The van der Waals surface area contributed by atoms with Crippen molar-refractivity contribution in [2.24, 2.45) is 0 Å². The van der Waals surface area contributed by atoms with Crippen LogP contribution in [0.2, 0.25) is 0 Å². The van der Waals surface area contributed by atoms with Gasteiger partial charge in [-0.15, -0.1) is 0 Å². The summed E-state index contributed by atoms with van der Waals surface area (Å²) in [6, 6.07) is 11.6. The van der Waals surface area contributed by atoms with Gasteiger partial charge in [0.15, 0.2) is 5.78 Å². The Morgan fingerprint density at radius 2 is 1.95 bits per heavy atom. The number of carbonyl (C=O) groups excluding carboxylic acids is 1. The molecular formula is C16H12Br2O2. The molecule has 1 atom stereocenters. The molecule has 1 aliphatic rings. The highest BCUT2D eigenvalue weighted by Crippen LogP contribution is 2.38. The molecule has 20 heavy (non-hydrogen) atoms. The largest absolute Gasteiger partial charge is 0.484 e. The molecule has 0 spiro atoms. The van der Waals surface area contributed by atoms with Crippen molar-refractivity contribution in [1.29, 1.82) is 0 Å². The van der Waals surface area contributed by atoms with Crippen molar-refractivity contribution in [2.45, 2.75) is 19.4 Å². The summed E-state index contributed by atoms with van der Waals surface area (Å²) >= 11 is 6.94. The molecule has 0 saturated heterocycles. The van der Waals surface area contributed by atoms with Crippen LogP contribution in [0.15, 0.2) is 45.3 Å². The first-order valence-corrected chi connectivity index (χ1v) is 7.88. The molecule has 0 fully saturated rings. The molecule has 102 valence electrons. The Kier molecular flexibility index (Phi) is 3.69. The van der Waals surface area contributed by atoms with Crippen molar-refractivity contribution in [1.82, 2.24) is 0 Å². The zero-order valence-electron chi connectivity index (χ0n) is 10.8. The number of ether oxygens (including phenoxy) is 1. The van der Waals surface area contributed by atoms with E-state index in [1.165, 1.54) is 5.56 Å². The van der Waals surface area contributed by atoms with Crippen molar-refractivity contribution in [3.63, 3.8) is 0 Å². The molecule has 0 radical (unpaired) electrons. The summed E-state index contributed by atoms with van der Waals surface area (Å²) in [6.07, 6.45) is 0.136. The maximum absolute atomic E-state index is 12.3. The van der Waals surface area contributed by atoms with Crippen LogP contribution in [0.3, 0.4) is 0 Å². The number of Topliss-reactive ketones (excluding diaryl/α,β-unsaturated/α-hetero) is 1. The Morgan fingerprint density at radius 3 is 2.70 bits per heavy atom. The van der Waals surface area contributed by atoms with Crippen molar-refractivity contribution in [3.8, 4) is 5.75 Å². The van der Waals surface area contributed by atoms with Gasteiger partial charge in [-0.05, 0) is 36.8 Å². The van der Waals surface area contributed by atoms with E-state index in [1.807, 2.05) is 43.3 Å². The molecule has 2 aromatic carbocycles. The van der Waals surface area contributed by atoms with Gasteiger partial charge in [0.1, 0.15) is 11.9 Å². The fourth-order valence-corrected chi connectivity index (χ4v) is 3.47. The van der Waals surface area contributed by atoms with Crippen LogP contribution in [0.1, 0.15) is 34.0 Å². The first-order chi connectivity index (χ1) is 9.54. The van der Waals surface area contributed by atoms with Crippen LogP contribution < -0.4 is 4.74 Å². The van der Waals surface area contributed by atoms with E-state index >= 15 is 0 Å². The number of rotatable bonds is 1. The predicted molar refractivity (Wildman–Crippen MR) is 85.3 cm³/mol. The second-order valence-corrected chi connectivity index (χ2v) is 6.67. The minimum atomic E-state index is -0.230. The number of fused-ring (bicyclic) bond motifs is 1. The van der Waals surface area contributed by atoms with Gasteiger partial charge in [-0.1, -0.05) is 44.0 Å². The first-order valence-electron chi connectivity index (χ1n) is 6.30. The number of benzene rings is 2. The van der Waals surface area contributed by atoms with Gasteiger partial charge < -0.3 is 4.74 Å². The quantitative estimate of drug-likeness (QED) is 0.661. The van der Waals surface area contributed by atoms with E-state index in [4.69, 9.17) is 4.74 Å². The molecule has 0 amide bonds. The molecule has 1 aliphatic heterocycles. The molecule has 1 unspecified atom stereocenters. The van der Waals surface area contributed by atoms with Gasteiger partial charge in [-0.2, -0.15) is 0 Å². The molecule has 0 bridgehead atoms. The second-order valence-electron chi connectivity index (χ2n) is 4.90. The predicted octanol–water partition coefficient (Wildman–Crippen LogP) is 5.23. The average Bonchev–Trinajstić information content (AvgIpc) is 2.39. The maximum Gasteiger partial charge on any atom is 0.170 e. The first kappa shape index (κ1) is 13.8. The number of halogens is 2. The van der Waals surface area contributed by atoms with Gasteiger partial charge in [0.2, 0.25) is 0 Å². The Hall–Kier alpha value is -1.13. The molecule has 2 nitrogen and oxygen atoms in total. The highest BCUT2D eigenvalue weighted by atomic mass is 79.9. The van der Waals surface area contributed by atoms with E-state index in [0.717, 1.165) is 14.5 Å². The van der Waals surface area contributed by atoms with Crippen molar-refractivity contribution >= 4 is 37.6 Å². The maximum atomic E-state index is 12.3. The summed E-state index contributed by atoms with van der Waals surface area (Å²) in [6.45, 7) is 2.04. The summed E-state index contributed by atoms with van der Waals surface area (Å²) in [5, 5.41) is 0. The highest BCUT2D eigenvalue weighted by molar-refractivity contribution is 9.10. The van der Waals surface area contributed by atoms with Crippen LogP contribution in [0.4, 0.5) is 0 Å². The lowest BCUT2D eigenvalue weighted by atomic mass is 9.96. The molecule has 0 aromatic heterocycles. The Morgan fingerprint density at radius 1 is 1.15 bits per heavy atom. The van der Waals surface area contributed by atoms with Crippen LogP contribution in [0.5, 0.6) is 5.75 Å². The molecule has 1 heterocycles. The average molecular weight is 396 g/mol. The monoisotopic (exact) mass is 394 g/mol. The SMILES string of the molecule is Cc1ccc(C2CC(=O)c3cc(Br)ccc3O2)c(Br)c1. The number of aryl methyl sites for hydroxylation is 1.